The molecule has 2 aromatic rings. The number of hydrogen-bond donors (Lipinski definition) is 1. The molecule has 2 aromatic heterocycles. The molecule has 18 heavy (non-hydrogen) atoms. The summed E-state index contributed by atoms with van der Waals surface area (Å²) in [6.45, 7) is 4.96. The van der Waals surface area contributed by atoms with Crippen LogP contribution >= 0.6 is 0 Å². The Morgan fingerprint density at radius 1 is 1.56 bits per heavy atom. The number of nitrogens with zero attached hydrogens (tertiary/aromatic N) is 5. The standard InChI is InChI=1S/C11H16N6O/c1-3-16-8-13-15-10(16)7-12-11(18)9(2)17-6-4-5-14-17/h4-6,8-9H,3,7H2,1-2H3,(H,12,18)/t9-/m0/s1. The second-order valence-electron chi connectivity index (χ2n) is 3.91. The highest BCUT2D eigenvalue weighted by Crippen LogP contribution is 2.03. The van der Waals surface area contributed by atoms with Gasteiger partial charge in [0.15, 0.2) is 5.82 Å². The van der Waals surface area contributed by atoms with Gasteiger partial charge in [0.05, 0.1) is 6.54 Å². The molecule has 0 aliphatic carbocycles. The summed E-state index contributed by atoms with van der Waals surface area (Å²) in [5, 5.41) is 14.6. The van der Waals surface area contributed by atoms with Gasteiger partial charge in [-0.1, -0.05) is 0 Å². The molecular weight excluding hydrogens is 232 g/mol. The molecule has 0 aliphatic rings. The van der Waals surface area contributed by atoms with E-state index >= 15 is 0 Å². The molecule has 0 saturated carbocycles. The Morgan fingerprint density at radius 3 is 3.06 bits per heavy atom. The first-order chi connectivity index (χ1) is 8.72. The molecule has 0 bridgehead atoms. The SMILES string of the molecule is CCn1cnnc1CNC(=O)[C@H](C)n1cccn1. The third kappa shape index (κ3) is 2.55. The maximum Gasteiger partial charge on any atom is 0.244 e. The maximum atomic E-state index is 11.9. The van der Waals surface area contributed by atoms with Gasteiger partial charge in [-0.2, -0.15) is 5.10 Å². The quantitative estimate of drug-likeness (QED) is 0.829. The van der Waals surface area contributed by atoms with E-state index in [1.54, 1.807) is 36.4 Å². The van der Waals surface area contributed by atoms with E-state index in [0.717, 1.165) is 12.4 Å². The average Bonchev–Trinajstić information content (AvgIpc) is 3.05. The number of amides is 1. The average molecular weight is 248 g/mol. The molecule has 0 aromatic carbocycles. The summed E-state index contributed by atoms with van der Waals surface area (Å²) in [6.07, 6.45) is 5.06. The lowest BCUT2D eigenvalue weighted by Crippen LogP contribution is -2.31. The predicted molar refractivity (Wildman–Crippen MR) is 64.5 cm³/mol. The first-order valence-corrected chi connectivity index (χ1v) is 5.86. The van der Waals surface area contributed by atoms with E-state index < -0.39 is 0 Å². The van der Waals surface area contributed by atoms with Crippen LogP contribution in [0.1, 0.15) is 25.7 Å². The van der Waals surface area contributed by atoms with Crippen LogP contribution in [0.5, 0.6) is 0 Å². The Bertz CT molecular complexity index is 503. The van der Waals surface area contributed by atoms with Crippen molar-refractivity contribution < 1.29 is 4.79 Å². The maximum absolute atomic E-state index is 11.9. The Kier molecular flexibility index (Phi) is 3.71. The van der Waals surface area contributed by atoms with Crippen LogP contribution in [0, 0.1) is 0 Å². The largest absolute Gasteiger partial charge is 0.347 e. The van der Waals surface area contributed by atoms with Gasteiger partial charge in [-0.25, -0.2) is 0 Å². The van der Waals surface area contributed by atoms with Crippen molar-refractivity contribution in [2.75, 3.05) is 0 Å². The molecule has 7 nitrogen and oxygen atoms in total. The first-order valence-electron chi connectivity index (χ1n) is 5.86. The zero-order valence-electron chi connectivity index (χ0n) is 10.4. The van der Waals surface area contributed by atoms with Gasteiger partial charge >= 0.3 is 0 Å². The smallest absolute Gasteiger partial charge is 0.244 e. The topological polar surface area (TPSA) is 77.6 Å². The molecular formula is C11H16N6O. The summed E-state index contributed by atoms with van der Waals surface area (Å²) in [4.78, 5) is 11.9. The minimum Gasteiger partial charge on any atom is -0.347 e. The lowest BCUT2D eigenvalue weighted by molar-refractivity contribution is -0.124. The van der Waals surface area contributed by atoms with Crippen molar-refractivity contribution in [3.63, 3.8) is 0 Å². The lowest BCUT2D eigenvalue weighted by Gasteiger charge is -2.12. The van der Waals surface area contributed by atoms with Gasteiger partial charge in [0.2, 0.25) is 5.91 Å². The minimum atomic E-state index is -0.335. The minimum absolute atomic E-state index is 0.0932. The number of rotatable bonds is 5. The monoisotopic (exact) mass is 248 g/mol. The molecule has 1 N–H and O–H groups in total. The van der Waals surface area contributed by atoms with Gasteiger partial charge in [0, 0.05) is 18.9 Å². The van der Waals surface area contributed by atoms with Crippen molar-refractivity contribution in [3.05, 3.63) is 30.6 Å². The second-order valence-corrected chi connectivity index (χ2v) is 3.91. The van der Waals surface area contributed by atoms with Crippen molar-refractivity contribution in [1.82, 2.24) is 29.9 Å². The van der Waals surface area contributed by atoms with Crippen LogP contribution < -0.4 is 5.32 Å². The summed E-state index contributed by atoms with van der Waals surface area (Å²) in [5.74, 6) is 0.655. The number of carbonyl (C=O) groups excluding carboxylic acids is 1. The van der Waals surface area contributed by atoms with E-state index in [1.807, 2.05) is 11.5 Å². The Labute approximate surface area is 105 Å². The van der Waals surface area contributed by atoms with E-state index in [0.29, 0.717) is 6.54 Å². The number of carbonyl (C=O) groups is 1. The molecule has 0 spiro atoms. The Hall–Kier alpha value is -2.18. The molecule has 0 radical (unpaired) electrons. The molecule has 0 saturated heterocycles. The fraction of sp³-hybridized carbons (Fsp3) is 0.455. The van der Waals surface area contributed by atoms with Crippen LogP contribution in [0.4, 0.5) is 0 Å². The molecule has 1 amide bonds. The highest BCUT2D eigenvalue weighted by atomic mass is 16.2. The predicted octanol–water partition coefficient (Wildman–Crippen LogP) is 0.372. The summed E-state index contributed by atoms with van der Waals surface area (Å²) in [5.41, 5.74) is 0. The van der Waals surface area contributed by atoms with Crippen molar-refractivity contribution >= 4 is 5.91 Å². The first kappa shape index (κ1) is 12.3. The van der Waals surface area contributed by atoms with Gasteiger partial charge in [-0.05, 0) is 19.9 Å². The van der Waals surface area contributed by atoms with Gasteiger partial charge in [0.25, 0.3) is 0 Å². The number of aromatic nitrogens is 5. The van der Waals surface area contributed by atoms with Crippen molar-refractivity contribution in [3.8, 4) is 0 Å². The van der Waals surface area contributed by atoms with Crippen LogP contribution in [0.15, 0.2) is 24.8 Å². The van der Waals surface area contributed by atoms with Crippen molar-refractivity contribution in [2.24, 2.45) is 0 Å². The third-order valence-corrected chi connectivity index (χ3v) is 2.76. The van der Waals surface area contributed by atoms with Gasteiger partial charge in [-0.3, -0.25) is 9.48 Å². The van der Waals surface area contributed by atoms with Crippen LogP contribution in [0.25, 0.3) is 0 Å². The number of aryl methyl sites for hydroxylation is 1. The molecule has 1 atom stereocenters. The van der Waals surface area contributed by atoms with E-state index in [-0.39, 0.29) is 11.9 Å². The van der Waals surface area contributed by atoms with Gasteiger partial charge < -0.3 is 9.88 Å². The zero-order valence-corrected chi connectivity index (χ0v) is 10.4. The Balaban J connectivity index is 1.92. The normalized spacial score (nSPS) is 12.3. The van der Waals surface area contributed by atoms with Crippen molar-refractivity contribution in [1.29, 1.82) is 0 Å². The van der Waals surface area contributed by atoms with E-state index in [4.69, 9.17) is 0 Å². The number of hydrogen-bond acceptors (Lipinski definition) is 4. The van der Waals surface area contributed by atoms with Crippen molar-refractivity contribution in [2.45, 2.75) is 33.0 Å². The molecule has 96 valence electrons. The van der Waals surface area contributed by atoms with Crippen LogP contribution in [0.2, 0.25) is 0 Å². The summed E-state index contributed by atoms with van der Waals surface area (Å²) in [7, 11) is 0. The molecule has 0 aliphatic heterocycles. The third-order valence-electron chi connectivity index (χ3n) is 2.76. The summed E-state index contributed by atoms with van der Waals surface area (Å²) in [6, 6.07) is 1.45. The highest BCUT2D eigenvalue weighted by molar-refractivity contribution is 5.79. The van der Waals surface area contributed by atoms with Gasteiger partial charge in [0.1, 0.15) is 12.4 Å². The van der Waals surface area contributed by atoms with Crippen LogP contribution in [0.3, 0.4) is 0 Å². The fourth-order valence-electron chi connectivity index (χ4n) is 1.62. The van der Waals surface area contributed by atoms with E-state index in [9.17, 15) is 4.79 Å². The Morgan fingerprint density at radius 2 is 2.39 bits per heavy atom. The van der Waals surface area contributed by atoms with Crippen LogP contribution in [-0.2, 0) is 17.9 Å². The van der Waals surface area contributed by atoms with E-state index in [2.05, 4.69) is 20.6 Å². The second kappa shape index (κ2) is 5.44. The lowest BCUT2D eigenvalue weighted by atomic mass is 10.3. The highest BCUT2D eigenvalue weighted by Gasteiger charge is 2.15. The molecule has 0 unspecified atom stereocenters. The van der Waals surface area contributed by atoms with Crippen LogP contribution in [-0.4, -0.2) is 30.5 Å². The molecule has 2 heterocycles. The summed E-state index contributed by atoms with van der Waals surface area (Å²) < 4.78 is 3.50. The fourth-order valence-corrected chi connectivity index (χ4v) is 1.62. The zero-order chi connectivity index (χ0) is 13.0. The molecule has 2 rings (SSSR count). The molecule has 0 fully saturated rings. The van der Waals surface area contributed by atoms with E-state index in [1.165, 1.54) is 0 Å². The number of nitrogens with one attached hydrogen (secondary N) is 1. The summed E-state index contributed by atoms with van der Waals surface area (Å²) >= 11 is 0. The molecule has 7 heteroatoms. The van der Waals surface area contributed by atoms with Gasteiger partial charge in [-0.15, -0.1) is 10.2 Å².